The first-order chi connectivity index (χ1) is 19.7. The van der Waals surface area contributed by atoms with Gasteiger partial charge in [-0.1, -0.05) is 6.07 Å². The van der Waals surface area contributed by atoms with Crippen LogP contribution in [0.2, 0.25) is 0 Å². The number of alkyl halides is 4. The Bertz CT molecular complexity index is 1660. The van der Waals surface area contributed by atoms with E-state index in [0.29, 0.717) is 58.7 Å². The molecule has 0 saturated carbocycles. The molecular weight excluding hydrogens is 544 g/mol. The van der Waals surface area contributed by atoms with Gasteiger partial charge in [0, 0.05) is 28.8 Å². The standard InChI is InChI=1S/C28H26F4N6O3/c1-15(10-17-14-40-9-8-21(17)33-3)41-18-4-7-24-20(12-34-37(24)13-18)22-6-5-19(16(2)39)28(35-22)38-25(27(31)32)11-23(36-38)26(29)30/h4-7,10-13,16,26-27,39H,3,8-9,14H2,1-2H3/b15-10+. The molecule has 4 aromatic rings. The van der Waals surface area contributed by atoms with Crippen molar-refractivity contribution in [3.63, 3.8) is 0 Å². The molecule has 214 valence electrons. The maximum Gasteiger partial charge on any atom is 0.282 e. The molecule has 1 unspecified atom stereocenters. The molecule has 1 aliphatic rings. The van der Waals surface area contributed by atoms with Crippen molar-refractivity contribution in [2.45, 2.75) is 39.2 Å². The highest BCUT2D eigenvalue weighted by atomic mass is 19.3. The number of hydrogen-bond donors (Lipinski definition) is 1. The normalized spacial score (nSPS) is 15.3. The quantitative estimate of drug-likeness (QED) is 0.147. The van der Waals surface area contributed by atoms with Crippen LogP contribution in [0.4, 0.5) is 17.6 Å². The number of rotatable bonds is 9. The van der Waals surface area contributed by atoms with Gasteiger partial charge in [0.25, 0.3) is 12.9 Å². The number of halogens is 4. The molecule has 0 amide bonds. The second-order valence-electron chi connectivity index (χ2n) is 9.34. The van der Waals surface area contributed by atoms with E-state index in [0.717, 1.165) is 11.3 Å². The van der Waals surface area contributed by atoms with Gasteiger partial charge in [0.05, 0.1) is 42.9 Å². The van der Waals surface area contributed by atoms with Gasteiger partial charge in [-0.2, -0.15) is 10.2 Å². The van der Waals surface area contributed by atoms with Crippen molar-refractivity contribution in [3.8, 4) is 22.8 Å². The molecule has 0 radical (unpaired) electrons. The number of fused-ring (bicyclic) bond motifs is 1. The summed E-state index contributed by atoms with van der Waals surface area (Å²) in [5.41, 5.74) is 1.78. The average molecular weight is 571 g/mol. The van der Waals surface area contributed by atoms with E-state index in [-0.39, 0.29) is 11.4 Å². The second-order valence-corrected chi connectivity index (χ2v) is 9.34. The van der Waals surface area contributed by atoms with Crippen LogP contribution in [0.25, 0.3) is 22.6 Å². The third kappa shape index (κ3) is 5.77. The first-order valence-electron chi connectivity index (χ1n) is 12.6. The predicted molar refractivity (Wildman–Crippen MR) is 142 cm³/mol. The summed E-state index contributed by atoms with van der Waals surface area (Å²) in [6.07, 6.45) is -1.58. The fraction of sp³-hybridized carbons (Fsp3) is 0.286. The van der Waals surface area contributed by atoms with Gasteiger partial charge in [-0.25, -0.2) is 31.7 Å². The topological polar surface area (TPSA) is 99.1 Å². The van der Waals surface area contributed by atoms with Crippen LogP contribution in [0.15, 0.2) is 70.8 Å². The van der Waals surface area contributed by atoms with Crippen LogP contribution in [0.1, 0.15) is 56.2 Å². The number of allylic oxidation sites excluding steroid dienone is 1. The summed E-state index contributed by atoms with van der Waals surface area (Å²) in [6.45, 7) is 7.84. The Morgan fingerprint density at radius 2 is 2.00 bits per heavy atom. The average Bonchev–Trinajstić information content (AvgIpc) is 3.58. The lowest BCUT2D eigenvalue weighted by Gasteiger charge is -2.16. The van der Waals surface area contributed by atoms with E-state index in [9.17, 15) is 22.7 Å². The monoisotopic (exact) mass is 570 g/mol. The molecule has 13 heteroatoms. The summed E-state index contributed by atoms with van der Waals surface area (Å²) in [6, 6.07) is 7.20. The van der Waals surface area contributed by atoms with E-state index in [1.54, 1.807) is 35.8 Å². The Balaban J connectivity index is 1.50. The van der Waals surface area contributed by atoms with E-state index >= 15 is 0 Å². The Hall–Kier alpha value is -4.36. The van der Waals surface area contributed by atoms with Crippen LogP contribution < -0.4 is 4.74 Å². The van der Waals surface area contributed by atoms with Crippen LogP contribution in [0.5, 0.6) is 5.75 Å². The van der Waals surface area contributed by atoms with Crippen molar-refractivity contribution in [2.75, 3.05) is 13.2 Å². The van der Waals surface area contributed by atoms with Crippen molar-refractivity contribution in [2.24, 2.45) is 4.99 Å². The summed E-state index contributed by atoms with van der Waals surface area (Å²) in [5, 5.41) is 18.3. The van der Waals surface area contributed by atoms with Gasteiger partial charge in [-0.3, -0.25) is 4.99 Å². The highest BCUT2D eigenvalue weighted by Crippen LogP contribution is 2.32. The highest BCUT2D eigenvalue weighted by molar-refractivity contribution is 5.78. The zero-order valence-corrected chi connectivity index (χ0v) is 22.1. The van der Waals surface area contributed by atoms with Gasteiger partial charge < -0.3 is 14.6 Å². The first-order valence-corrected chi connectivity index (χ1v) is 12.6. The maximum absolute atomic E-state index is 13.8. The number of ether oxygens (including phenoxy) is 2. The molecule has 0 aliphatic carbocycles. The van der Waals surface area contributed by atoms with E-state index in [1.807, 2.05) is 6.08 Å². The van der Waals surface area contributed by atoms with Gasteiger partial charge in [0.2, 0.25) is 0 Å². The third-order valence-corrected chi connectivity index (χ3v) is 6.48. The number of aliphatic imine (C=N–C) groups is 1. The van der Waals surface area contributed by atoms with Crippen LogP contribution in [0, 0.1) is 0 Å². The van der Waals surface area contributed by atoms with Gasteiger partial charge >= 0.3 is 0 Å². The smallest absolute Gasteiger partial charge is 0.282 e. The molecule has 0 saturated heterocycles. The molecule has 5 rings (SSSR count). The molecule has 0 spiro atoms. The molecule has 0 aromatic carbocycles. The Labute approximate surface area is 232 Å². The lowest BCUT2D eigenvalue weighted by atomic mass is 10.1. The molecule has 0 fully saturated rings. The Morgan fingerprint density at radius 3 is 2.71 bits per heavy atom. The maximum atomic E-state index is 13.8. The molecule has 9 nitrogen and oxygen atoms in total. The number of nitrogens with zero attached hydrogens (tertiary/aromatic N) is 6. The van der Waals surface area contributed by atoms with E-state index in [4.69, 9.17) is 9.47 Å². The predicted octanol–water partition coefficient (Wildman–Crippen LogP) is 6.17. The number of hydrogen-bond acceptors (Lipinski definition) is 7. The van der Waals surface area contributed by atoms with Crippen LogP contribution in [0.3, 0.4) is 0 Å². The van der Waals surface area contributed by atoms with E-state index in [1.165, 1.54) is 19.2 Å². The lowest BCUT2D eigenvalue weighted by Crippen LogP contribution is -2.11. The van der Waals surface area contributed by atoms with Crippen molar-refractivity contribution in [1.29, 1.82) is 0 Å². The summed E-state index contributed by atoms with van der Waals surface area (Å²) in [7, 11) is 0. The minimum Gasteiger partial charge on any atom is -0.460 e. The molecule has 1 atom stereocenters. The zero-order chi connectivity index (χ0) is 29.3. The van der Waals surface area contributed by atoms with Gasteiger partial charge in [-0.05, 0) is 50.9 Å². The fourth-order valence-corrected chi connectivity index (χ4v) is 4.54. The third-order valence-electron chi connectivity index (χ3n) is 6.48. The van der Waals surface area contributed by atoms with Crippen molar-refractivity contribution < 1.29 is 32.1 Å². The fourth-order valence-electron chi connectivity index (χ4n) is 4.54. The molecular formula is C28H26F4N6O3. The van der Waals surface area contributed by atoms with E-state index < -0.39 is 30.3 Å². The number of aliphatic hydroxyl groups excluding tert-OH is 1. The van der Waals surface area contributed by atoms with Crippen LogP contribution in [-0.2, 0) is 4.74 Å². The zero-order valence-electron chi connectivity index (χ0n) is 22.1. The minimum absolute atomic E-state index is 0.141. The van der Waals surface area contributed by atoms with Gasteiger partial charge in [0.15, 0.2) is 5.82 Å². The molecule has 5 heterocycles. The second kappa shape index (κ2) is 11.6. The number of aromatic nitrogens is 5. The lowest BCUT2D eigenvalue weighted by molar-refractivity contribution is 0.142. The number of aliphatic hydroxyl groups is 1. The summed E-state index contributed by atoms with van der Waals surface area (Å²) >= 11 is 0. The molecule has 0 bridgehead atoms. The molecule has 1 N–H and O–H groups in total. The first kappa shape index (κ1) is 28.2. The summed E-state index contributed by atoms with van der Waals surface area (Å²) in [5.74, 6) is 0.923. The van der Waals surface area contributed by atoms with Crippen molar-refractivity contribution >= 4 is 12.2 Å². The minimum atomic E-state index is -3.10. The Kier molecular flexibility index (Phi) is 7.99. The summed E-state index contributed by atoms with van der Waals surface area (Å²) < 4.78 is 67.8. The van der Waals surface area contributed by atoms with Crippen molar-refractivity contribution in [1.82, 2.24) is 24.4 Å². The van der Waals surface area contributed by atoms with Gasteiger partial charge in [-0.15, -0.1) is 0 Å². The molecule has 41 heavy (non-hydrogen) atoms. The largest absolute Gasteiger partial charge is 0.460 e. The van der Waals surface area contributed by atoms with Gasteiger partial charge in [0.1, 0.15) is 22.9 Å². The van der Waals surface area contributed by atoms with Crippen molar-refractivity contribution in [3.05, 3.63) is 82.8 Å². The van der Waals surface area contributed by atoms with Crippen LogP contribution in [-0.4, -0.2) is 49.4 Å². The molecule has 1 aliphatic heterocycles. The Morgan fingerprint density at radius 1 is 1.20 bits per heavy atom. The van der Waals surface area contributed by atoms with Crippen LogP contribution >= 0.6 is 0 Å². The van der Waals surface area contributed by atoms with E-state index in [2.05, 4.69) is 26.9 Å². The SMILES string of the molecule is C=NC1=C(/C=C(\C)Oc2ccc3c(-c4ccc(C(C)O)c(-n5nc(C(F)F)cc5C(F)F)n4)cnn3c2)COCC1. The number of pyridine rings is 2. The molecule has 4 aromatic heterocycles. The summed E-state index contributed by atoms with van der Waals surface area (Å²) in [4.78, 5) is 8.52. The highest BCUT2D eigenvalue weighted by Gasteiger charge is 2.26.